The molecule has 1 aromatic heterocycles. The Morgan fingerprint density at radius 3 is 2.52 bits per heavy atom. The molecule has 7 nitrogen and oxygen atoms in total. The monoisotopic (exact) mass is 367 g/mol. The number of amides is 2. The zero-order valence-corrected chi connectivity index (χ0v) is 15.6. The summed E-state index contributed by atoms with van der Waals surface area (Å²) in [6.07, 6.45) is 3.56. The summed E-state index contributed by atoms with van der Waals surface area (Å²) in [4.78, 5) is 35.3. The average molecular weight is 367 g/mol. The van der Waals surface area contributed by atoms with Gasteiger partial charge in [0.25, 0.3) is 5.91 Å². The fourth-order valence-corrected chi connectivity index (χ4v) is 3.05. The first-order chi connectivity index (χ1) is 13.1. The van der Waals surface area contributed by atoms with Gasteiger partial charge < -0.3 is 15.5 Å². The third-order valence-electron chi connectivity index (χ3n) is 4.45. The number of carbonyl (C=O) groups is 2. The van der Waals surface area contributed by atoms with Crippen LogP contribution in [0, 0.1) is 6.92 Å². The highest BCUT2D eigenvalue weighted by Crippen LogP contribution is 2.16. The van der Waals surface area contributed by atoms with Crippen molar-refractivity contribution in [2.45, 2.75) is 32.7 Å². The summed E-state index contributed by atoms with van der Waals surface area (Å²) < 4.78 is 0. The van der Waals surface area contributed by atoms with Crippen molar-refractivity contribution >= 4 is 17.8 Å². The van der Waals surface area contributed by atoms with Crippen LogP contribution in [0.25, 0.3) is 0 Å². The lowest BCUT2D eigenvalue weighted by Gasteiger charge is -2.27. The van der Waals surface area contributed by atoms with Crippen LogP contribution < -0.4 is 15.5 Å². The summed E-state index contributed by atoms with van der Waals surface area (Å²) in [6.45, 7) is 4.11. The van der Waals surface area contributed by atoms with Crippen LogP contribution in [0.3, 0.4) is 0 Å². The minimum absolute atomic E-state index is 0.0726. The number of hydrogen-bond acceptors (Lipinski definition) is 5. The number of nitrogens with one attached hydrogen (secondary N) is 2. The van der Waals surface area contributed by atoms with Gasteiger partial charge in [0.15, 0.2) is 0 Å². The van der Waals surface area contributed by atoms with E-state index in [4.69, 9.17) is 0 Å². The summed E-state index contributed by atoms with van der Waals surface area (Å²) in [5.41, 5.74) is 2.18. The largest absolute Gasteiger partial charge is 0.349 e. The van der Waals surface area contributed by atoms with E-state index in [1.54, 1.807) is 24.3 Å². The van der Waals surface area contributed by atoms with Crippen LogP contribution in [-0.4, -0.2) is 41.4 Å². The predicted molar refractivity (Wildman–Crippen MR) is 103 cm³/mol. The topological polar surface area (TPSA) is 87.2 Å². The fourth-order valence-electron chi connectivity index (χ4n) is 3.05. The van der Waals surface area contributed by atoms with E-state index in [-0.39, 0.29) is 18.4 Å². The van der Waals surface area contributed by atoms with Gasteiger partial charge in [-0.3, -0.25) is 9.59 Å². The van der Waals surface area contributed by atoms with Crippen molar-refractivity contribution in [3.63, 3.8) is 0 Å². The van der Waals surface area contributed by atoms with E-state index in [1.165, 1.54) is 6.42 Å². The van der Waals surface area contributed by atoms with Gasteiger partial charge in [0.1, 0.15) is 0 Å². The maximum Gasteiger partial charge on any atom is 0.251 e. The minimum Gasteiger partial charge on any atom is -0.349 e. The van der Waals surface area contributed by atoms with Crippen molar-refractivity contribution in [1.29, 1.82) is 0 Å². The third kappa shape index (κ3) is 5.51. The molecule has 3 rings (SSSR count). The minimum atomic E-state index is -0.268. The van der Waals surface area contributed by atoms with E-state index in [9.17, 15) is 9.59 Å². The van der Waals surface area contributed by atoms with E-state index >= 15 is 0 Å². The van der Waals surface area contributed by atoms with Gasteiger partial charge in [0.2, 0.25) is 11.9 Å². The molecule has 0 saturated carbocycles. The van der Waals surface area contributed by atoms with E-state index in [1.807, 2.05) is 19.1 Å². The van der Waals surface area contributed by atoms with Gasteiger partial charge >= 0.3 is 0 Å². The Hall–Kier alpha value is -2.96. The fraction of sp³-hybridized carbons (Fsp3) is 0.400. The SMILES string of the molecule is Cc1cc(CNC(=O)CNC(=O)c2ccccc2)nc(N2CCCCC2)n1. The van der Waals surface area contributed by atoms with Crippen LogP contribution in [0.5, 0.6) is 0 Å². The third-order valence-corrected chi connectivity index (χ3v) is 4.45. The quantitative estimate of drug-likeness (QED) is 0.813. The highest BCUT2D eigenvalue weighted by atomic mass is 16.2. The highest BCUT2D eigenvalue weighted by molar-refractivity contribution is 5.96. The van der Waals surface area contributed by atoms with E-state index in [0.29, 0.717) is 12.1 Å². The Balaban J connectivity index is 1.51. The zero-order chi connectivity index (χ0) is 19.1. The second kappa shape index (κ2) is 9.12. The van der Waals surface area contributed by atoms with Gasteiger partial charge in [0.05, 0.1) is 18.8 Å². The van der Waals surface area contributed by atoms with Crippen molar-refractivity contribution in [2.75, 3.05) is 24.5 Å². The molecule has 0 radical (unpaired) electrons. The number of anilines is 1. The van der Waals surface area contributed by atoms with Gasteiger partial charge in [-0.25, -0.2) is 9.97 Å². The van der Waals surface area contributed by atoms with Crippen molar-refractivity contribution in [3.05, 3.63) is 53.3 Å². The van der Waals surface area contributed by atoms with Crippen LogP contribution >= 0.6 is 0 Å². The van der Waals surface area contributed by atoms with Gasteiger partial charge in [0, 0.05) is 24.3 Å². The number of carbonyl (C=O) groups excluding carboxylic acids is 2. The number of hydrogen-bond donors (Lipinski definition) is 2. The first-order valence-electron chi connectivity index (χ1n) is 9.31. The van der Waals surface area contributed by atoms with Crippen molar-refractivity contribution in [3.8, 4) is 0 Å². The van der Waals surface area contributed by atoms with Crippen LogP contribution in [0.2, 0.25) is 0 Å². The second-order valence-corrected chi connectivity index (χ2v) is 6.67. The molecule has 1 aliphatic heterocycles. The van der Waals surface area contributed by atoms with Crippen molar-refractivity contribution < 1.29 is 9.59 Å². The molecule has 142 valence electrons. The molecule has 2 heterocycles. The molecule has 1 aromatic carbocycles. The standard InChI is InChI=1S/C20H25N5O2/c1-15-12-17(24-20(23-15)25-10-6-3-7-11-25)13-21-18(26)14-22-19(27)16-8-4-2-5-9-16/h2,4-5,8-9,12H,3,6-7,10-11,13-14H2,1H3,(H,21,26)(H,22,27). The van der Waals surface area contributed by atoms with E-state index < -0.39 is 0 Å². The molecule has 0 spiro atoms. The zero-order valence-electron chi connectivity index (χ0n) is 15.6. The molecule has 0 unspecified atom stereocenters. The van der Waals surface area contributed by atoms with Gasteiger partial charge in [-0.1, -0.05) is 18.2 Å². The van der Waals surface area contributed by atoms with E-state index in [0.717, 1.165) is 43.3 Å². The summed E-state index contributed by atoms with van der Waals surface area (Å²) in [5.74, 6) is 0.211. The van der Waals surface area contributed by atoms with Crippen LogP contribution in [0.15, 0.2) is 36.4 Å². The van der Waals surface area contributed by atoms with Crippen LogP contribution in [0.1, 0.15) is 41.0 Å². The molecule has 27 heavy (non-hydrogen) atoms. The summed E-state index contributed by atoms with van der Waals surface area (Å²) >= 11 is 0. The number of nitrogens with zero attached hydrogens (tertiary/aromatic N) is 3. The number of rotatable bonds is 6. The molecule has 2 amide bonds. The number of piperidine rings is 1. The molecule has 0 bridgehead atoms. The number of aryl methyl sites for hydroxylation is 1. The Morgan fingerprint density at radius 1 is 1.04 bits per heavy atom. The normalized spacial score (nSPS) is 13.9. The van der Waals surface area contributed by atoms with Gasteiger partial charge in [-0.15, -0.1) is 0 Å². The molecule has 1 saturated heterocycles. The van der Waals surface area contributed by atoms with Crippen LogP contribution in [0.4, 0.5) is 5.95 Å². The number of benzene rings is 1. The lowest BCUT2D eigenvalue weighted by atomic mass is 10.1. The van der Waals surface area contributed by atoms with Crippen molar-refractivity contribution in [1.82, 2.24) is 20.6 Å². The molecule has 7 heteroatoms. The van der Waals surface area contributed by atoms with Gasteiger partial charge in [-0.05, 0) is 44.4 Å². The maximum atomic E-state index is 12.0. The Kier molecular flexibility index (Phi) is 6.35. The summed E-state index contributed by atoms with van der Waals surface area (Å²) in [6, 6.07) is 10.7. The lowest BCUT2D eigenvalue weighted by molar-refractivity contribution is -0.120. The molecular weight excluding hydrogens is 342 g/mol. The predicted octanol–water partition coefficient (Wildman–Crippen LogP) is 1.82. The molecular formula is C20H25N5O2. The van der Waals surface area contributed by atoms with Gasteiger partial charge in [-0.2, -0.15) is 0 Å². The Bertz CT molecular complexity index is 788. The first-order valence-corrected chi connectivity index (χ1v) is 9.31. The molecule has 1 fully saturated rings. The lowest BCUT2D eigenvalue weighted by Crippen LogP contribution is -2.37. The number of aromatic nitrogens is 2. The summed E-state index contributed by atoms with van der Waals surface area (Å²) in [5, 5.41) is 5.42. The molecule has 0 aliphatic carbocycles. The average Bonchev–Trinajstić information content (AvgIpc) is 2.71. The molecule has 2 aromatic rings. The Labute approximate surface area is 159 Å². The second-order valence-electron chi connectivity index (χ2n) is 6.67. The maximum absolute atomic E-state index is 12.0. The molecule has 1 aliphatic rings. The van der Waals surface area contributed by atoms with Crippen molar-refractivity contribution in [2.24, 2.45) is 0 Å². The first kappa shape index (κ1) is 18.8. The highest BCUT2D eigenvalue weighted by Gasteiger charge is 2.15. The van der Waals surface area contributed by atoms with E-state index in [2.05, 4.69) is 25.5 Å². The summed E-state index contributed by atoms with van der Waals surface area (Å²) in [7, 11) is 0. The Morgan fingerprint density at radius 2 is 1.78 bits per heavy atom. The van der Waals surface area contributed by atoms with Crippen LogP contribution in [-0.2, 0) is 11.3 Å². The molecule has 2 N–H and O–H groups in total. The molecule has 0 atom stereocenters. The smallest absolute Gasteiger partial charge is 0.251 e.